The third-order valence-corrected chi connectivity index (χ3v) is 5.30. The Morgan fingerprint density at radius 1 is 1.30 bits per heavy atom. The molecular formula is C17H21N3O6S. The average molecular weight is 395 g/mol. The first-order valence-electron chi connectivity index (χ1n) is 8.21. The Kier molecular flexibility index (Phi) is 5.11. The van der Waals surface area contributed by atoms with Crippen molar-refractivity contribution >= 4 is 9.84 Å². The fourth-order valence-electron chi connectivity index (χ4n) is 3.13. The van der Waals surface area contributed by atoms with Crippen molar-refractivity contribution in [3.63, 3.8) is 0 Å². The number of hydrogen-bond acceptors (Lipinski definition) is 8. The van der Waals surface area contributed by atoms with E-state index < -0.39 is 15.4 Å². The van der Waals surface area contributed by atoms with E-state index in [2.05, 4.69) is 9.97 Å². The highest BCUT2D eigenvalue weighted by Gasteiger charge is 2.24. The fraction of sp³-hybridized carbons (Fsp3) is 0.412. The zero-order valence-corrected chi connectivity index (χ0v) is 16.1. The van der Waals surface area contributed by atoms with Crippen LogP contribution >= 0.6 is 0 Å². The lowest BCUT2D eigenvalue weighted by Gasteiger charge is -2.27. The molecule has 0 atom stereocenters. The maximum atomic E-state index is 12.2. The molecule has 1 aromatic carbocycles. The second-order valence-corrected chi connectivity index (χ2v) is 8.31. The van der Waals surface area contributed by atoms with Crippen LogP contribution in [0.2, 0.25) is 0 Å². The average Bonchev–Trinajstić information content (AvgIpc) is 2.60. The number of nitrogens with zero attached hydrogens (tertiary/aromatic N) is 2. The Hall–Kier alpha value is -2.59. The van der Waals surface area contributed by atoms with E-state index >= 15 is 0 Å². The van der Waals surface area contributed by atoms with Gasteiger partial charge in [-0.1, -0.05) is 0 Å². The summed E-state index contributed by atoms with van der Waals surface area (Å²) < 4.78 is 33.8. The summed E-state index contributed by atoms with van der Waals surface area (Å²) in [6.07, 6.45) is 1.46. The van der Waals surface area contributed by atoms with E-state index in [1.165, 1.54) is 14.2 Å². The molecule has 0 fully saturated rings. The lowest BCUT2D eigenvalue weighted by atomic mass is 10.1. The maximum Gasteiger partial charge on any atom is 0.255 e. The van der Waals surface area contributed by atoms with Crippen molar-refractivity contribution in [2.75, 3.05) is 27.0 Å². The van der Waals surface area contributed by atoms with Gasteiger partial charge in [-0.2, -0.15) is 0 Å². The van der Waals surface area contributed by atoms with Gasteiger partial charge >= 0.3 is 0 Å². The molecule has 0 amide bonds. The number of rotatable bonds is 5. The van der Waals surface area contributed by atoms with Crippen molar-refractivity contribution in [1.82, 2.24) is 14.9 Å². The molecule has 0 radical (unpaired) electrons. The lowest BCUT2D eigenvalue weighted by Crippen LogP contribution is -2.35. The van der Waals surface area contributed by atoms with Crippen LogP contribution in [0.25, 0.3) is 0 Å². The molecule has 2 aromatic rings. The summed E-state index contributed by atoms with van der Waals surface area (Å²) in [7, 11) is -0.673. The number of sulfone groups is 1. The van der Waals surface area contributed by atoms with Crippen molar-refractivity contribution < 1.29 is 23.0 Å². The highest BCUT2D eigenvalue weighted by molar-refractivity contribution is 7.90. The quantitative estimate of drug-likeness (QED) is 0.700. The molecule has 0 saturated carbocycles. The molecule has 9 nitrogen and oxygen atoms in total. The number of nitrogens with one attached hydrogen (secondary N) is 1. The Morgan fingerprint density at radius 2 is 2.04 bits per heavy atom. The molecule has 0 saturated heterocycles. The molecule has 1 aromatic heterocycles. The number of phenols is 1. The molecule has 1 aliphatic rings. The first-order chi connectivity index (χ1) is 12.7. The van der Waals surface area contributed by atoms with Crippen molar-refractivity contribution in [3.8, 4) is 17.2 Å². The van der Waals surface area contributed by atoms with Crippen LogP contribution in [0.3, 0.4) is 0 Å². The van der Waals surface area contributed by atoms with Gasteiger partial charge in [-0.15, -0.1) is 0 Å². The van der Waals surface area contributed by atoms with Crippen LogP contribution in [-0.4, -0.2) is 55.4 Å². The number of ether oxygens (including phenoxy) is 2. The van der Waals surface area contributed by atoms with Gasteiger partial charge < -0.3 is 14.6 Å². The van der Waals surface area contributed by atoms with Gasteiger partial charge in [-0.05, 0) is 24.1 Å². The molecule has 10 heteroatoms. The van der Waals surface area contributed by atoms with Crippen molar-refractivity contribution in [3.05, 3.63) is 39.3 Å². The number of phenolic OH excluding ortho intramolecular Hbond substituents is 1. The summed E-state index contributed by atoms with van der Waals surface area (Å²) in [6.45, 7) is 1.40. The summed E-state index contributed by atoms with van der Waals surface area (Å²) in [4.78, 5) is 20.6. The van der Waals surface area contributed by atoms with E-state index in [1.807, 2.05) is 4.90 Å². The van der Waals surface area contributed by atoms with Gasteiger partial charge in [0.15, 0.2) is 11.5 Å². The number of methoxy groups -OCH3 is 2. The van der Waals surface area contributed by atoms with Crippen LogP contribution < -0.4 is 15.0 Å². The number of H-pyrrole nitrogens is 1. The normalized spacial score (nSPS) is 14.6. The summed E-state index contributed by atoms with van der Waals surface area (Å²) in [5, 5.41) is 9.78. The molecule has 0 unspecified atom stereocenters. The third kappa shape index (κ3) is 3.91. The van der Waals surface area contributed by atoms with Crippen LogP contribution in [0.15, 0.2) is 22.1 Å². The molecule has 0 bridgehead atoms. The number of hydrogen-bond donors (Lipinski definition) is 2. The van der Waals surface area contributed by atoms with Gasteiger partial charge in [-0.3, -0.25) is 14.7 Å². The summed E-state index contributed by atoms with van der Waals surface area (Å²) in [5.74, 6) is 0.647. The highest BCUT2D eigenvalue weighted by atomic mass is 32.2. The summed E-state index contributed by atoms with van der Waals surface area (Å²) in [5.41, 5.74) is 1.34. The van der Waals surface area contributed by atoms with Gasteiger partial charge in [0.2, 0.25) is 20.7 Å². The number of aromatic hydroxyl groups is 1. The van der Waals surface area contributed by atoms with Gasteiger partial charge in [0.1, 0.15) is 0 Å². The van der Waals surface area contributed by atoms with E-state index in [1.54, 1.807) is 12.1 Å². The summed E-state index contributed by atoms with van der Waals surface area (Å²) >= 11 is 0. The lowest BCUT2D eigenvalue weighted by molar-refractivity contribution is 0.238. The smallest absolute Gasteiger partial charge is 0.255 e. The monoisotopic (exact) mass is 395 g/mol. The number of aromatic nitrogens is 2. The minimum atomic E-state index is -3.61. The van der Waals surface area contributed by atoms with E-state index in [0.29, 0.717) is 43.1 Å². The molecule has 1 aliphatic heterocycles. The van der Waals surface area contributed by atoms with Crippen molar-refractivity contribution in [2.24, 2.45) is 0 Å². The second kappa shape index (κ2) is 7.20. The van der Waals surface area contributed by atoms with Crippen LogP contribution in [0.5, 0.6) is 17.2 Å². The van der Waals surface area contributed by atoms with Crippen LogP contribution in [0.4, 0.5) is 0 Å². The largest absolute Gasteiger partial charge is 0.504 e. The molecule has 146 valence electrons. The van der Waals surface area contributed by atoms with E-state index in [0.717, 1.165) is 11.8 Å². The molecular weight excluding hydrogens is 374 g/mol. The minimum Gasteiger partial charge on any atom is -0.504 e. The SMILES string of the molecule is COc1cc(CN2CCc3c(nc(S(C)(=O)=O)[nH]c3=O)C2)cc(O)c1OC. The zero-order valence-electron chi connectivity index (χ0n) is 15.3. The Morgan fingerprint density at radius 3 is 2.67 bits per heavy atom. The van der Waals surface area contributed by atoms with Gasteiger partial charge in [0.25, 0.3) is 5.56 Å². The van der Waals surface area contributed by atoms with E-state index in [-0.39, 0.29) is 16.7 Å². The number of fused-ring (bicyclic) bond motifs is 1. The molecule has 2 heterocycles. The molecule has 3 rings (SSSR count). The minimum absolute atomic E-state index is 0.0295. The fourth-order valence-corrected chi connectivity index (χ4v) is 3.68. The summed E-state index contributed by atoms with van der Waals surface area (Å²) in [6, 6.07) is 3.35. The van der Waals surface area contributed by atoms with Crippen molar-refractivity contribution in [1.29, 1.82) is 0 Å². The maximum absolute atomic E-state index is 12.2. The third-order valence-electron chi connectivity index (χ3n) is 4.41. The van der Waals surface area contributed by atoms with Crippen molar-refractivity contribution in [2.45, 2.75) is 24.7 Å². The Bertz CT molecular complexity index is 1030. The number of aromatic amines is 1. The molecule has 27 heavy (non-hydrogen) atoms. The molecule has 2 N–H and O–H groups in total. The van der Waals surface area contributed by atoms with Gasteiger partial charge in [-0.25, -0.2) is 13.4 Å². The van der Waals surface area contributed by atoms with Gasteiger partial charge in [0.05, 0.1) is 19.9 Å². The zero-order chi connectivity index (χ0) is 19.8. The topological polar surface area (TPSA) is 122 Å². The predicted octanol–water partition coefficient (Wildman–Crippen LogP) is 0.454. The highest BCUT2D eigenvalue weighted by Crippen LogP contribution is 2.37. The van der Waals surface area contributed by atoms with E-state index in [4.69, 9.17) is 9.47 Å². The molecule has 0 spiro atoms. The first-order valence-corrected chi connectivity index (χ1v) is 10.1. The van der Waals surface area contributed by atoms with Crippen LogP contribution in [-0.2, 0) is 29.3 Å². The van der Waals surface area contributed by atoms with Crippen LogP contribution in [0, 0.1) is 0 Å². The standard InChI is InChI=1S/C17H21N3O6S/c1-25-14-7-10(6-13(21)15(14)26-2)8-20-5-4-11-12(9-20)18-17(19-16(11)22)27(3,23)24/h6-7,21H,4-5,8-9H2,1-3H3,(H,18,19,22). The second-order valence-electron chi connectivity index (χ2n) is 6.38. The Balaban J connectivity index is 1.88. The number of benzene rings is 1. The Labute approximate surface area is 156 Å². The van der Waals surface area contributed by atoms with Crippen LogP contribution in [0.1, 0.15) is 16.8 Å². The van der Waals surface area contributed by atoms with E-state index in [9.17, 15) is 18.3 Å². The van der Waals surface area contributed by atoms with Gasteiger partial charge in [0, 0.05) is 31.5 Å². The predicted molar refractivity (Wildman–Crippen MR) is 97.0 cm³/mol. The first kappa shape index (κ1) is 19.2. The molecule has 0 aliphatic carbocycles.